The van der Waals surface area contributed by atoms with Crippen molar-refractivity contribution in [1.82, 2.24) is 0 Å². The smallest absolute Gasteiger partial charge is 0.324 e. The zero-order valence-electron chi connectivity index (χ0n) is 15.6. The van der Waals surface area contributed by atoms with E-state index in [9.17, 15) is 4.79 Å². The molecule has 138 valence electrons. The average Bonchev–Trinajstić information content (AvgIpc) is 2.57. The van der Waals surface area contributed by atoms with Gasteiger partial charge in [0.1, 0.15) is 0 Å². The van der Waals surface area contributed by atoms with Crippen LogP contribution in [0.25, 0.3) is 0 Å². The maximum absolute atomic E-state index is 10.8. The Kier molecular flexibility index (Phi) is 19.0. The maximum atomic E-state index is 10.8. The molecule has 0 saturated heterocycles. The Morgan fingerprint density at radius 1 is 0.609 bits per heavy atom. The van der Waals surface area contributed by atoms with Crippen LogP contribution in [0.1, 0.15) is 122 Å². The molecule has 0 rings (SSSR count). The molecule has 0 bridgehead atoms. The van der Waals surface area contributed by atoms with Gasteiger partial charge in [0.15, 0.2) is 0 Å². The summed E-state index contributed by atoms with van der Waals surface area (Å²) >= 11 is 0. The number of carbonyl (C=O) groups is 1. The minimum atomic E-state index is -0.286. The van der Waals surface area contributed by atoms with Crippen molar-refractivity contribution in [1.29, 1.82) is 0 Å². The summed E-state index contributed by atoms with van der Waals surface area (Å²) in [6, 6.07) is 0. The SMILES string of the molecule is CCCCCCCCCCCCCCCCCCCC(=O)ON. The number of rotatable bonds is 18. The van der Waals surface area contributed by atoms with E-state index in [1.54, 1.807) is 0 Å². The molecule has 23 heavy (non-hydrogen) atoms. The van der Waals surface area contributed by atoms with Crippen molar-refractivity contribution in [3.63, 3.8) is 0 Å². The van der Waals surface area contributed by atoms with E-state index in [1.165, 1.54) is 96.3 Å². The van der Waals surface area contributed by atoms with E-state index in [2.05, 4.69) is 11.8 Å². The van der Waals surface area contributed by atoms with Crippen molar-refractivity contribution in [3.8, 4) is 0 Å². The summed E-state index contributed by atoms with van der Waals surface area (Å²) in [5, 5.41) is 0. The second kappa shape index (κ2) is 19.5. The summed E-state index contributed by atoms with van der Waals surface area (Å²) in [5.41, 5.74) is 0. The van der Waals surface area contributed by atoms with E-state index < -0.39 is 0 Å². The zero-order chi connectivity index (χ0) is 17.0. The van der Waals surface area contributed by atoms with Crippen molar-refractivity contribution in [3.05, 3.63) is 0 Å². The molecule has 0 atom stereocenters. The number of hydrogen-bond donors (Lipinski definition) is 1. The summed E-state index contributed by atoms with van der Waals surface area (Å²) in [7, 11) is 0. The van der Waals surface area contributed by atoms with Gasteiger partial charge >= 0.3 is 5.97 Å². The molecule has 0 radical (unpaired) electrons. The van der Waals surface area contributed by atoms with Gasteiger partial charge in [-0.3, -0.25) is 4.79 Å². The molecule has 0 aromatic carbocycles. The number of hydrogen-bond acceptors (Lipinski definition) is 3. The van der Waals surface area contributed by atoms with Crippen molar-refractivity contribution in [2.24, 2.45) is 5.90 Å². The lowest BCUT2D eigenvalue weighted by atomic mass is 10.0. The van der Waals surface area contributed by atoms with Crippen LogP contribution in [-0.4, -0.2) is 5.97 Å². The highest BCUT2D eigenvalue weighted by Gasteiger charge is 1.99. The first-order valence-electron chi connectivity index (χ1n) is 10.2. The molecular weight excluding hydrogens is 286 g/mol. The van der Waals surface area contributed by atoms with E-state index >= 15 is 0 Å². The summed E-state index contributed by atoms with van der Waals surface area (Å²) < 4.78 is 0. The summed E-state index contributed by atoms with van der Waals surface area (Å²) in [6.07, 6.45) is 23.4. The third kappa shape index (κ3) is 19.4. The summed E-state index contributed by atoms with van der Waals surface area (Å²) in [6.45, 7) is 2.28. The first kappa shape index (κ1) is 22.4. The fourth-order valence-electron chi connectivity index (χ4n) is 3.05. The summed E-state index contributed by atoms with van der Waals surface area (Å²) in [5.74, 6) is 4.51. The molecule has 0 spiro atoms. The lowest BCUT2D eigenvalue weighted by molar-refractivity contribution is -0.144. The molecule has 2 N–H and O–H groups in total. The standard InChI is InChI=1S/C20H41NO2/c1-2-3-4-5-6-7-8-9-10-11-12-13-14-15-16-17-18-19-20(22)23-21/h2-19,21H2,1H3. The Balaban J connectivity index is 2.99. The monoisotopic (exact) mass is 327 g/mol. The Labute approximate surface area is 144 Å². The largest absolute Gasteiger partial charge is 0.373 e. The van der Waals surface area contributed by atoms with Crippen LogP contribution in [0, 0.1) is 0 Å². The average molecular weight is 328 g/mol. The molecule has 3 heteroatoms. The third-order valence-corrected chi connectivity index (χ3v) is 4.62. The minimum Gasteiger partial charge on any atom is -0.373 e. The minimum absolute atomic E-state index is 0.286. The Morgan fingerprint density at radius 2 is 0.913 bits per heavy atom. The molecule has 3 nitrogen and oxygen atoms in total. The van der Waals surface area contributed by atoms with Crippen molar-refractivity contribution in [2.75, 3.05) is 0 Å². The van der Waals surface area contributed by atoms with Gasteiger partial charge in [-0.1, -0.05) is 110 Å². The molecule has 0 heterocycles. The van der Waals surface area contributed by atoms with Crippen molar-refractivity contribution < 1.29 is 9.63 Å². The van der Waals surface area contributed by atoms with Crippen LogP contribution in [0.15, 0.2) is 0 Å². The van der Waals surface area contributed by atoms with Gasteiger partial charge in [0, 0.05) is 6.42 Å². The van der Waals surface area contributed by atoms with E-state index in [-0.39, 0.29) is 5.97 Å². The molecule has 0 fully saturated rings. The molecule has 0 aliphatic heterocycles. The zero-order valence-corrected chi connectivity index (χ0v) is 15.6. The van der Waals surface area contributed by atoms with Gasteiger partial charge in [-0.15, -0.1) is 0 Å². The fourth-order valence-corrected chi connectivity index (χ4v) is 3.05. The van der Waals surface area contributed by atoms with E-state index in [0.717, 1.165) is 12.8 Å². The molecule has 0 aliphatic carbocycles. The van der Waals surface area contributed by atoms with Crippen molar-refractivity contribution >= 4 is 5.97 Å². The highest BCUT2D eigenvalue weighted by atomic mass is 16.7. The van der Waals surface area contributed by atoms with Gasteiger partial charge in [-0.05, 0) is 6.42 Å². The maximum Gasteiger partial charge on any atom is 0.324 e. The van der Waals surface area contributed by atoms with Gasteiger partial charge in [0.2, 0.25) is 0 Å². The molecule has 0 unspecified atom stereocenters. The van der Waals surface area contributed by atoms with Gasteiger partial charge in [-0.25, -0.2) is 0 Å². The molecule has 0 saturated carbocycles. The summed E-state index contributed by atoms with van der Waals surface area (Å²) in [4.78, 5) is 15.0. The molecule has 0 aromatic heterocycles. The molecule has 0 aliphatic rings. The molecule has 0 aromatic rings. The Hall–Kier alpha value is -0.570. The number of carbonyl (C=O) groups excluding carboxylic acids is 1. The molecule has 0 amide bonds. The lowest BCUT2D eigenvalue weighted by Crippen LogP contribution is -2.08. The second-order valence-electron chi connectivity index (χ2n) is 6.90. The van der Waals surface area contributed by atoms with Crippen LogP contribution in [0.5, 0.6) is 0 Å². The topological polar surface area (TPSA) is 52.3 Å². The lowest BCUT2D eigenvalue weighted by Gasteiger charge is -2.03. The van der Waals surface area contributed by atoms with E-state index in [0.29, 0.717) is 6.42 Å². The normalized spacial score (nSPS) is 10.9. The van der Waals surface area contributed by atoms with Gasteiger partial charge in [0.25, 0.3) is 0 Å². The third-order valence-electron chi connectivity index (χ3n) is 4.62. The molecular formula is C20H41NO2. The van der Waals surface area contributed by atoms with Crippen LogP contribution >= 0.6 is 0 Å². The van der Waals surface area contributed by atoms with Crippen LogP contribution in [-0.2, 0) is 9.63 Å². The van der Waals surface area contributed by atoms with Crippen molar-refractivity contribution in [2.45, 2.75) is 122 Å². The quantitative estimate of drug-likeness (QED) is 0.232. The highest BCUT2D eigenvalue weighted by molar-refractivity contribution is 5.68. The van der Waals surface area contributed by atoms with Crippen LogP contribution in [0.4, 0.5) is 0 Å². The Morgan fingerprint density at radius 3 is 1.22 bits per heavy atom. The van der Waals surface area contributed by atoms with Crippen LogP contribution in [0.2, 0.25) is 0 Å². The van der Waals surface area contributed by atoms with Crippen LogP contribution < -0.4 is 5.90 Å². The predicted octanol–water partition coefficient (Wildman–Crippen LogP) is 6.45. The first-order valence-corrected chi connectivity index (χ1v) is 10.2. The Bertz CT molecular complexity index is 244. The van der Waals surface area contributed by atoms with Gasteiger partial charge in [0.05, 0.1) is 0 Å². The second-order valence-corrected chi connectivity index (χ2v) is 6.90. The first-order chi connectivity index (χ1) is 11.3. The highest BCUT2D eigenvalue weighted by Crippen LogP contribution is 2.14. The number of unbranched alkanes of at least 4 members (excludes halogenated alkanes) is 16. The predicted molar refractivity (Wildman–Crippen MR) is 99.1 cm³/mol. The van der Waals surface area contributed by atoms with Gasteiger partial charge < -0.3 is 4.84 Å². The van der Waals surface area contributed by atoms with E-state index in [4.69, 9.17) is 5.90 Å². The van der Waals surface area contributed by atoms with E-state index in [1.807, 2.05) is 0 Å². The number of nitrogens with two attached hydrogens (primary N) is 1. The fraction of sp³-hybridized carbons (Fsp3) is 0.950. The van der Waals surface area contributed by atoms with Gasteiger partial charge in [-0.2, -0.15) is 5.90 Å². The van der Waals surface area contributed by atoms with Crippen LogP contribution in [0.3, 0.4) is 0 Å².